The summed E-state index contributed by atoms with van der Waals surface area (Å²) in [6.45, 7) is 2.12. The van der Waals surface area contributed by atoms with Gasteiger partial charge >= 0.3 is 0 Å². The molecule has 0 spiro atoms. The zero-order chi connectivity index (χ0) is 13.5. The highest BCUT2D eigenvalue weighted by atomic mass is 32.1. The Hall–Kier alpha value is -2.19. The summed E-state index contributed by atoms with van der Waals surface area (Å²) in [5, 5.41) is 2.55. The van der Waals surface area contributed by atoms with Crippen LogP contribution in [0, 0.1) is 6.92 Å². The van der Waals surface area contributed by atoms with Crippen molar-refractivity contribution < 1.29 is 0 Å². The van der Waals surface area contributed by atoms with Crippen LogP contribution in [0.25, 0.3) is 31.4 Å². The molecule has 0 N–H and O–H groups in total. The normalized spacial score (nSPS) is 11.2. The Morgan fingerprint density at radius 2 is 1.75 bits per heavy atom. The Balaban J connectivity index is 2.00. The third kappa shape index (κ3) is 1.81. The lowest BCUT2D eigenvalue weighted by Crippen LogP contribution is -1.81. The zero-order valence-electron chi connectivity index (χ0n) is 11.1. The molecule has 0 saturated heterocycles. The van der Waals surface area contributed by atoms with Gasteiger partial charge in [0.05, 0.1) is 0 Å². The standard InChI is InChI=1S/C18H13NS/c1-12-5-4-6-13(9-12)14-10-16-15-7-2-3-8-17(15)20-18(16)19-11-14/h2-11H,1H3. The van der Waals surface area contributed by atoms with E-state index in [1.165, 1.54) is 32.2 Å². The lowest BCUT2D eigenvalue weighted by Gasteiger charge is -2.02. The van der Waals surface area contributed by atoms with Crippen LogP contribution in [0.15, 0.2) is 60.8 Å². The maximum Gasteiger partial charge on any atom is 0.124 e. The van der Waals surface area contributed by atoms with Gasteiger partial charge < -0.3 is 0 Å². The van der Waals surface area contributed by atoms with E-state index in [9.17, 15) is 0 Å². The number of rotatable bonds is 1. The summed E-state index contributed by atoms with van der Waals surface area (Å²) in [5.41, 5.74) is 3.69. The minimum Gasteiger partial charge on any atom is -0.245 e. The van der Waals surface area contributed by atoms with Crippen molar-refractivity contribution >= 4 is 31.6 Å². The van der Waals surface area contributed by atoms with E-state index in [1.54, 1.807) is 11.3 Å². The number of pyridine rings is 1. The molecule has 0 bridgehead atoms. The van der Waals surface area contributed by atoms with E-state index in [2.05, 4.69) is 66.5 Å². The first kappa shape index (κ1) is 11.6. The maximum atomic E-state index is 4.64. The Morgan fingerprint density at radius 1 is 0.850 bits per heavy atom. The fourth-order valence-corrected chi connectivity index (χ4v) is 3.62. The predicted octanol–water partition coefficient (Wildman–Crippen LogP) is 5.42. The van der Waals surface area contributed by atoms with Crippen LogP contribution < -0.4 is 0 Å². The van der Waals surface area contributed by atoms with Gasteiger partial charge in [-0.1, -0.05) is 48.0 Å². The second-order valence-corrected chi connectivity index (χ2v) is 6.08. The third-order valence-corrected chi connectivity index (χ3v) is 4.68. The van der Waals surface area contributed by atoms with Gasteiger partial charge in [0.2, 0.25) is 0 Å². The van der Waals surface area contributed by atoms with Crippen molar-refractivity contribution in [2.24, 2.45) is 0 Å². The van der Waals surface area contributed by atoms with Crippen molar-refractivity contribution in [3.63, 3.8) is 0 Å². The lowest BCUT2D eigenvalue weighted by atomic mass is 10.0. The van der Waals surface area contributed by atoms with Crippen LogP contribution in [-0.4, -0.2) is 4.98 Å². The number of nitrogens with zero attached hydrogens (tertiary/aromatic N) is 1. The van der Waals surface area contributed by atoms with Crippen molar-refractivity contribution in [3.8, 4) is 11.1 Å². The SMILES string of the molecule is Cc1cccc(-c2cnc3sc4ccccc4c3c2)c1. The molecular weight excluding hydrogens is 262 g/mol. The highest BCUT2D eigenvalue weighted by molar-refractivity contribution is 7.25. The molecule has 4 aromatic rings. The van der Waals surface area contributed by atoms with E-state index in [0.29, 0.717) is 0 Å². The minimum atomic E-state index is 1.11. The van der Waals surface area contributed by atoms with Gasteiger partial charge in [-0.3, -0.25) is 0 Å². The number of thiophene rings is 1. The number of benzene rings is 2. The van der Waals surface area contributed by atoms with Crippen molar-refractivity contribution in [1.29, 1.82) is 0 Å². The molecule has 0 amide bonds. The Labute approximate surface area is 121 Å². The molecule has 0 aliphatic rings. The van der Waals surface area contributed by atoms with Crippen molar-refractivity contribution in [2.75, 3.05) is 0 Å². The van der Waals surface area contributed by atoms with Crippen LogP contribution in [0.5, 0.6) is 0 Å². The maximum absolute atomic E-state index is 4.64. The van der Waals surface area contributed by atoms with Crippen LogP contribution in [0.1, 0.15) is 5.56 Å². The average molecular weight is 275 g/mol. The van der Waals surface area contributed by atoms with E-state index in [0.717, 1.165) is 4.83 Å². The summed E-state index contributed by atoms with van der Waals surface area (Å²) in [7, 11) is 0. The first-order valence-corrected chi connectivity index (χ1v) is 7.47. The van der Waals surface area contributed by atoms with Gasteiger partial charge in [-0.05, 0) is 24.6 Å². The number of fused-ring (bicyclic) bond motifs is 3. The van der Waals surface area contributed by atoms with Crippen LogP contribution in [0.4, 0.5) is 0 Å². The molecule has 2 heteroatoms. The average Bonchev–Trinajstić information content (AvgIpc) is 2.85. The second-order valence-electron chi connectivity index (χ2n) is 5.04. The molecule has 0 fully saturated rings. The van der Waals surface area contributed by atoms with Gasteiger partial charge in [0, 0.05) is 27.2 Å². The molecule has 2 aromatic carbocycles. The summed E-state index contributed by atoms with van der Waals surface area (Å²) >= 11 is 1.76. The fraction of sp³-hybridized carbons (Fsp3) is 0.0556. The molecule has 0 aliphatic carbocycles. The number of hydrogen-bond donors (Lipinski definition) is 0. The molecule has 20 heavy (non-hydrogen) atoms. The Morgan fingerprint density at radius 3 is 2.65 bits per heavy atom. The summed E-state index contributed by atoms with van der Waals surface area (Å²) in [4.78, 5) is 5.76. The van der Waals surface area contributed by atoms with Gasteiger partial charge in [0.1, 0.15) is 4.83 Å². The zero-order valence-corrected chi connectivity index (χ0v) is 11.9. The van der Waals surface area contributed by atoms with Crippen LogP contribution in [-0.2, 0) is 0 Å². The van der Waals surface area contributed by atoms with Crippen LogP contribution in [0.2, 0.25) is 0 Å². The number of hydrogen-bond acceptors (Lipinski definition) is 2. The first-order chi connectivity index (χ1) is 9.81. The van der Waals surface area contributed by atoms with Gasteiger partial charge in [0.25, 0.3) is 0 Å². The summed E-state index contributed by atoms with van der Waals surface area (Å²) in [6, 6.07) is 19.3. The summed E-state index contributed by atoms with van der Waals surface area (Å²) < 4.78 is 1.30. The topological polar surface area (TPSA) is 12.9 Å². The first-order valence-electron chi connectivity index (χ1n) is 6.65. The largest absolute Gasteiger partial charge is 0.245 e. The fourth-order valence-electron chi connectivity index (χ4n) is 2.59. The quantitative estimate of drug-likeness (QED) is 0.451. The highest BCUT2D eigenvalue weighted by Gasteiger charge is 2.07. The second kappa shape index (κ2) is 4.43. The molecular formula is C18H13NS. The summed E-state index contributed by atoms with van der Waals surface area (Å²) in [6.07, 6.45) is 1.98. The predicted molar refractivity (Wildman–Crippen MR) is 87.3 cm³/mol. The van der Waals surface area contributed by atoms with E-state index >= 15 is 0 Å². The molecule has 0 unspecified atom stereocenters. The van der Waals surface area contributed by atoms with Crippen LogP contribution in [0.3, 0.4) is 0 Å². The Bertz CT molecular complexity index is 921. The Kier molecular flexibility index (Phi) is 2.57. The van der Waals surface area contributed by atoms with Gasteiger partial charge in [-0.2, -0.15) is 0 Å². The molecule has 2 aromatic heterocycles. The molecule has 1 nitrogen and oxygen atoms in total. The smallest absolute Gasteiger partial charge is 0.124 e. The minimum absolute atomic E-state index is 1.11. The van der Waals surface area contributed by atoms with Crippen molar-refractivity contribution in [3.05, 3.63) is 66.4 Å². The molecule has 2 heterocycles. The van der Waals surface area contributed by atoms with Crippen molar-refractivity contribution in [1.82, 2.24) is 4.98 Å². The third-order valence-electron chi connectivity index (χ3n) is 3.59. The van der Waals surface area contributed by atoms with Crippen molar-refractivity contribution in [2.45, 2.75) is 6.92 Å². The monoisotopic (exact) mass is 275 g/mol. The number of aryl methyl sites for hydroxylation is 1. The summed E-state index contributed by atoms with van der Waals surface area (Å²) in [5.74, 6) is 0. The van der Waals surface area contributed by atoms with E-state index in [1.807, 2.05) is 6.20 Å². The molecule has 0 aliphatic heterocycles. The lowest BCUT2D eigenvalue weighted by molar-refractivity contribution is 1.42. The van der Waals surface area contributed by atoms with Gasteiger partial charge in [0.15, 0.2) is 0 Å². The molecule has 0 saturated carbocycles. The molecule has 96 valence electrons. The molecule has 4 rings (SSSR count). The van der Waals surface area contributed by atoms with Crippen LogP contribution >= 0.6 is 11.3 Å². The van der Waals surface area contributed by atoms with E-state index < -0.39 is 0 Å². The van der Waals surface area contributed by atoms with Gasteiger partial charge in [-0.25, -0.2) is 4.98 Å². The highest BCUT2D eigenvalue weighted by Crippen LogP contribution is 2.34. The van der Waals surface area contributed by atoms with E-state index in [-0.39, 0.29) is 0 Å². The van der Waals surface area contributed by atoms with E-state index in [4.69, 9.17) is 0 Å². The molecule has 0 radical (unpaired) electrons. The number of aromatic nitrogens is 1. The molecule has 0 atom stereocenters. The van der Waals surface area contributed by atoms with Gasteiger partial charge in [-0.15, -0.1) is 11.3 Å².